The molecule has 2 rings (SSSR count). The number of thiophene rings is 1. The van der Waals surface area contributed by atoms with Gasteiger partial charge in [-0.3, -0.25) is 9.59 Å². The molecule has 5 heteroatoms. The maximum atomic E-state index is 11.8. The largest absolute Gasteiger partial charge is 0.352 e. The van der Waals surface area contributed by atoms with Gasteiger partial charge in [0.25, 0.3) is 0 Å². The van der Waals surface area contributed by atoms with E-state index in [1.807, 2.05) is 42.7 Å². The molecule has 1 amide bonds. The zero-order valence-corrected chi connectivity index (χ0v) is 14.8. The van der Waals surface area contributed by atoms with E-state index in [4.69, 9.17) is 0 Å². The molecule has 2 aromatic rings. The summed E-state index contributed by atoms with van der Waals surface area (Å²) < 4.78 is 0. The molecule has 0 aliphatic rings. The lowest BCUT2D eigenvalue weighted by Crippen LogP contribution is -2.23. The molecule has 0 fully saturated rings. The zero-order chi connectivity index (χ0) is 16.7. The van der Waals surface area contributed by atoms with Crippen molar-refractivity contribution < 1.29 is 9.59 Å². The van der Waals surface area contributed by atoms with Crippen molar-refractivity contribution >= 4 is 40.9 Å². The fourth-order valence-electron chi connectivity index (χ4n) is 1.96. The normalized spacial score (nSPS) is 10.9. The average Bonchev–Trinajstić information content (AvgIpc) is 3.02. The molecular weight excluding hydrogens is 326 g/mol. The minimum atomic E-state index is -0.109. The number of rotatable bonds is 7. The molecule has 0 aliphatic carbocycles. The average molecular weight is 345 g/mol. The van der Waals surface area contributed by atoms with Crippen molar-refractivity contribution in [2.75, 3.05) is 12.8 Å². The summed E-state index contributed by atoms with van der Waals surface area (Å²) in [7, 11) is 0. The van der Waals surface area contributed by atoms with Gasteiger partial charge in [-0.25, -0.2) is 0 Å². The lowest BCUT2D eigenvalue weighted by atomic mass is 10.2. The van der Waals surface area contributed by atoms with Crippen LogP contribution in [0.3, 0.4) is 0 Å². The zero-order valence-electron chi connectivity index (χ0n) is 13.2. The molecule has 1 heterocycles. The number of nitrogens with one attached hydrogen (secondary N) is 1. The highest BCUT2D eigenvalue weighted by molar-refractivity contribution is 7.98. The molecule has 0 spiro atoms. The number of amides is 1. The van der Waals surface area contributed by atoms with Crippen molar-refractivity contribution in [2.45, 2.75) is 18.2 Å². The molecule has 23 heavy (non-hydrogen) atoms. The van der Waals surface area contributed by atoms with Crippen molar-refractivity contribution in [2.24, 2.45) is 0 Å². The quantitative estimate of drug-likeness (QED) is 0.468. The second-order valence-electron chi connectivity index (χ2n) is 4.97. The van der Waals surface area contributed by atoms with E-state index < -0.39 is 0 Å². The van der Waals surface area contributed by atoms with E-state index in [2.05, 4.69) is 5.32 Å². The predicted molar refractivity (Wildman–Crippen MR) is 98.3 cm³/mol. The van der Waals surface area contributed by atoms with Crippen LogP contribution < -0.4 is 5.32 Å². The number of benzene rings is 1. The highest BCUT2D eigenvalue weighted by Gasteiger charge is 2.04. The van der Waals surface area contributed by atoms with Gasteiger partial charge in [0.05, 0.1) is 4.88 Å². The maximum Gasteiger partial charge on any atom is 0.244 e. The molecule has 1 aromatic heterocycles. The highest BCUT2D eigenvalue weighted by Crippen LogP contribution is 2.17. The molecule has 0 radical (unpaired) electrons. The molecule has 0 aliphatic heterocycles. The maximum absolute atomic E-state index is 11.8. The summed E-state index contributed by atoms with van der Waals surface area (Å²) in [6.07, 6.45) is 6.12. The first-order chi connectivity index (χ1) is 11.1. The molecule has 0 atom stereocenters. The molecule has 120 valence electrons. The monoisotopic (exact) mass is 345 g/mol. The van der Waals surface area contributed by atoms with Gasteiger partial charge in [0.1, 0.15) is 0 Å². The van der Waals surface area contributed by atoms with Crippen molar-refractivity contribution in [3.63, 3.8) is 0 Å². The van der Waals surface area contributed by atoms with Crippen LogP contribution in [-0.2, 0) is 11.2 Å². The van der Waals surface area contributed by atoms with Crippen molar-refractivity contribution in [3.8, 4) is 0 Å². The molecule has 0 bridgehead atoms. The Morgan fingerprint density at radius 3 is 2.52 bits per heavy atom. The van der Waals surface area contributed by atoms with E-state index in [1.54, 1.807) is 30.8 Å². The van der Waals surface area contributed by atoms with Gasteiger partial charge in [-0.1, -0.05) is 12.1 Å². The Bertz CT molecular complexity index is 702. The van der Waals surface area contributed by atoms with Crippen LogP contribution in [0, 0.1) is 0 Å². The van der Waals surface area contributed by atoms with Crippen LogP contribution >= 0.6 is 23.1 Å². The Morgan fingerprint density at radius 1 is 1.17 bits per heavy atom. The fourth-order valence-corrected chi connectivity index (χ4v) is 3.27. The van der Waals surface area contributed by atoms with Gasteiger partial charge in [-0.05, 0) is 55.5 Å². The van der Waals surface area contributed by atoms with Crippen LogP contribution in [-0.4, -0.2) is 24.5 Å². The number of ketones is 1. The Morgan fingerprint density at radius 2 is 1.91 bits per heavy atom. The fraction of sp³-hybridized carbons (Fsp3) is 0.222. The molecule has 1 N–H and O–H groups in total. The van der Waals surface area contributed by atoms with E-state index in [1.165, 1.54) is 16.2 Å². The highest BCUT2D eigenvalue weighted by atomic mass is 32.2. The standard InChI is InChI=1S/C18H19NO2S2/c1-13(20)17-9-8-16(23-17)11-12-19-18(21)10-5-14-3-6-15(22-2)7-4-14/h3-10H,11-12H2,1-2H3,(H,19,21). The summed E-state index contributed by atoms with van der Waals surface area (Å²) in [4.78, 5) is 26.1. The van der Waals surface area contributed by atoms with E-state index in [0.717, 1.165) is 21.7 Å². The summed E-state index contributed by atoms with van der Waals surface area (Å²) in [5.41, 5.74) is 1.00. The van der Waals surface area contributed by atoms with Crippen LogP contribution in [0.15, 0.2) is 47.4 Å². The SMILES string of the molecule is CSc1ccc(C=CC(=O)NCCc2ccc(C(C)=O)s2)cc1. The summed E-state index contributed by atoms with van der Waals surface area (Å²) in [5, 5.41) is 2.85. The van der Waals surface area contributed by atoms with Gasteiger partial charge in [0.15, 0.2) is 5.78 Å². The van der Waals surface area contributed by atoms with Gasteiger partial charge in [-0.15, -0.1) is 23.1 Å². The second kappa shape index (κ2) is 8.70. The number of Topliss-reactive ketones (excluding diaryl/α,β-unsaturated/α-hetero) is 1. The molecule has 0 unspecified atom stereocenters. The number of carbonyl (C=O) groups is 2. The number of hydrogen-bond acceptors (Lipinski definition) is 4. The van der Waals surface area contributed by atoms with Crippen LogP contribution in [0.5, 0.6) is 0 Å². The Kier molecular flexibility index (Phi) is 6.62. The van der Waals surface area contributed by atoms with Gasteiger partial charge < -0.3 is 5.32 Å². The lowest BCUT2D eigenvalue weighted by Gasteiger charge is -2.00. The van der Waals surface area contributed by atoms with Crippen LogP contribution in [0.1, 0.15) is 27.0 Å². The third-order valence-corrected chi connectivity index (χ3v) is 5.21. The first-order valence-corrected chi connectivity index (χ1v) is 9.32. The van der Waals surface area contributed by atoms with Gasteiger partial charge in [0.2, 0.25) is 5.91 Å². The van der Waals surface area contributed by atoms with Crippen LogP contribution in [0.25, 0.3) is 6.08 Å². The minimum Gasteiger partial charge on any atom is -0.352 e. The smallest absolute Gasteiger partial charge is 0.244 e. The topological polar surface area (TPSA) is 46.2 Å². The summed E-state index contributed by atoms with van der Waals surface area (Å²) in [5.74, 6) is -0.0250. The first-order valence-electron chi connectivity index (χ1n) is 7.28. The molecule has 0 saturated carbocycles. The predicted octanol–water partition coefficient (Wildman–Crippen LogP) is 4.04. The first kappa shape index (κ1) is 17.5. The number of carbonyl (C=O) groups excluding carboxylic acids is 2. The van der Waals surface area contributed by atoms with Crippen LogP contribution in [0.2, 0.25) is 0 Å². The number of thioether (sulfide) groups is 1. The molecule has 3 nitrogen and oxygen atoms in total. The molecular formula is C18H19NO2S2. The van der Waals surface area contributed by atoms with Crippen molar-refractivity contribution in [1.29, 1.82) is 0 Å². The Labute approximate surface area is 144 Å². The Hall–Kier alpha value is -1.85. The van der Waals surface area contributed by atoms with E-state index in [9.17, 15) is 9.59 Å². The third kappa shape index (κ3) is 5.69. The lowest BCUT2D eigenvalue weighted by molar-refractivity contribution is -0.116. The van der Waals surface area contributed by atoms with E-state index >= 15 is 0 Å². The van der Waals surface area contributed by atoms with Gasteiger partial charge in [0, 0.05) is 22.4 Å². The molecule has 0 saturated heterocycles. The molecule has 1 aromatic carbocycles. The van der Waals surface area contributed by atoms with Crippen molar-refractivity contribution in [1.82, 2.24) is 5.32 Å². The third-order valence-electron chi connectivity index (χ3n) is 3.22. The van der Waals surface area contributed by atoms with Gasteiger partial charge >= 0.3 is 0 Å². The van der Waals surface area contributed by atoms with Crippen LogP contribution in [0.4, 0.5) is 0 Å². The second-order valence-corrected chi connectivity index (χ2v) is 7.02. The van der Waals surface area contributed by atoms with Crippen molar-refractivity contribution in [3.05, 3.63) is 57.8 Å². The summed E-state index contributed by atoms with van der Waals surface area (Å²) in [6, 6.07) is 11.8. The van der Waals surface area contributed by atoms with Gasteiger partial charge in [-0.2, -0.15) is 0 Å². The number of hydrogen-bond donors (Lipinski definition) is 1. The Balaban J connectivity index is 1.77. The van der Waals surface area contributed by atoms with E-state index in [-0.39, 0.29) is 11.7 Å². The summed E-state index contributed by atoms with van der Waals surface area (Å²) >= 11 is 3.18. The van der Waals surface area contributed by atoms with E-state index in [0.29, 0.717) is 6.54 Å². The minimum absolute atomic E-state index is 0.0840. The summed E-state index contributed by atoms with van der Waals surface area (Å²) in [6.45, 7) is 2.13.